The number of aliphatic carboxylic acids is 1. The van der Waals surface area contributed by atoms with E-state index >= 15 is 0 Å². The number of aliphatic hydroxyl groups is 1. The van der Waals surface area contributed by atoms with Crippen LogP contribution in [0, 0.1) is 5.92 Å². The highest BCUT2D eigenvalue weighted by Crippen LogP contribution is 2.41. The van der Waals surface area contributed by atoms with E-state index < -0.39 is 11.6 Å². The Morgan fingerprint density at radius 1 is 1.56 bits per heavy atom. The Morgan fingerprint density at radius 3 is 2.84 bits per heavy atom. The third-order valence-electron chi connectivity index (χ3n) is 4.78. The van der Waals surface area contributed by atoms with Crippen LogP contribution in [0.1, 0.15) is 38.3 Å². The summed E-state index contributed by atoms with van der Waals surface area (Å²) in [6.45, 7) is 6.07. The third kappa shape index (κ3) is 4.88. The second-order valence-corrected chi connectivity index (χ2v) is 6.90. The predicted octanol–water partition coefficient (Wildman–Crippen LogP) is 0.859. The van der Waals surface area contributed by atoms with Gasteiger partial charge in [0.2, 0.25) is 5.91 Å². The topological polar surface area (TPSA) is 109 Å². The molecule has 8 nitrogen and oxygen atoms in total. The molecule has 1 atom stereocenters. The van der Waals surface area contributed by atoms with Crippen molar-refractivity contribution in [1.29, 1.82) is 0 Å². The first kappa shape index (κ1) is 19.1. The van der Waals surface area contributed by atoms with Crippen molar-refractivity contribution in [2.75, 3.05) is 7.05 Å². The highest BCUT2D eigenvalue weighted by molar-refractivity contribution is 5.80. The van der Waals surface area contributed by atoms with Gasteiger partial charge in [0.25, 0.3) is 0 Å². The number of aryl methyl sites for hydroxylation is 1. The number of hydrogen-bond acceptors (Lipinski definition) is 5. The zero-order valence-electron chi connectivity index (χ0n) is 14.8. The monoisotopic (exact) mass is 350 g/mol. The molecule has 0 radical (unpaired) electrons. The van der Waals surface area contributed by atoms with Gasteiger partial charge in [0.05, 0.1) is 11.3 Å². The highest BCUT2D eigenvalue weighted by Gasteiger charge is 2.47. The number of carbonyl (C=O) groups excluding carboxylic acids is 1. The maximum atomic E-state index is 12.3. The summed E-state index contributed by atoms with van der Waals surface area (Å²) in [6.07, 6.45) is 5.16. The number of nitrogens with zero attached hydrogens (tertiary/aromatic N) is 4. The minimum Gasteiger partial charge on any atom is -0.481 e. The van der Waals surface area contributed by atoms with Gasteiger partial charge >= 0.3 is 5.97 Å². The molecule has 1 aliphatic carbocycles. The highest BCUT2D eigenvalue weighted by atomic mass is 16.4. The fourth-order valence-corrected chi connectivity index (χ4v) is 3.08. The van der Waals surface area contributed by atoms with Crippen molar-refractivity contribution in [3.8, 4) is 0 Å². The van der Waals surface area contributed by atoms with E-state index in [2.05, 4.69) is 16.9 Å². The van der Waals surface area contributed by atoms with E-state index in [0.717, 1.165) is 0 Å². The Labute approximate surface area is 147 Å². The van der Waals surface area contributed by atoms with Crippen LogP contribution in [-0.4, -0.2) is 60.7 Å². The van der Waals surface area contributed by atoms with Crippen LogP contribution in [0.3, 0.4) is 0 Å². The van der Waals surface area contributed by atoms with Gasteiger partial charge in [0, 0.05) is 44.6 Å². The largest absolute Gasteiger partial charge is 0.481 e. The number of likely N-dealkylation sites (N-methyl/N-ethyl adjacent to an activating group) is 1. The van der Waals surface area contributed by atoms with Crippen LogP contribution in [0.4, 0.5) is 0 Å². The molecule has 1 unspecified atom stereocenters. The van der Waals surface area contributed by atoms with Gasteiger partial charge in [-0.05, 0) is 26.2 Å². The van der Waals surface area contributed by atoms with Gasteiger partial charge in [-0.2, -0.15) is 0 Å². The number of carboxylic acid groups (broad SMARTS) is 1. The summed E-state index contributed by atoms with van der Waals surface area (Å²) in [5.41, 5.74) is -0.280. The maximum absolute atomic E-state index is 12.3. The first-order valence-corrected chi connectivity index (χ1v) is 8.46. The molecule has 0 spiro atoms. The second-order valence-electron chi connectivity index (χ2n) is 6.90. The molecule has 2 rings (SSSR count). The Kier molecular flexibility index (Phi) is 5.94. The molecule has 1 heterocycles. The summed E-state index contributed by atoms with van der Waals surface area (Å²) in [5, 5.41) is 27.2. The van der Waals surface area contributed by atoms with Crippen LogP contribution in [0.25, 0.3) is 0 Å². The van der Waals surface area contributed by atoms with Gasteiger partial charge in [-0.25, -0.2) is 0 Å². The van der Waals surface area contributed by atoms with Gasteiger partial charge < -0.3 is 15.1 Å². The van der Waals surface area contributed by atoms with E-state index in [1.807, 2.05) is 6.92 Å². The standard InChI is InChI=1S/C17H26N4O4/c1-4-12(2)20(3)16(24)13-8-17(25,9-13)10-14-11-21(19-18-14)7-5-6-15(22)23/h4,11-13,25H,1,5-10H2,2-3H3,(H,22,23). The molecule has 0 saturated heterocycles. The Balaban J connectivity index is 1.82. The molecule has 1 aliphatic rings. The summed E-state index contributed by atoms with van der Waals surface area (Å²) in [4.78, 5) is 24.5. The SMILES string of the molecule is C=CC(C)N(C)C(=O)C1CC(O)(Cc2cn(CCCC(=O)O)nn2)C1. The van der Waals surface area contributed by atoms with Crippen LogP contribution >= 0.6 is 0 Å². The average molecular weight is 350 g/mol. The van der Waals surface area contributed by atoms with Crippen molar-refractivity contribution in [3.63, 3.8) is 0 Å². The molecule has 1 aromatic rings. The molecule has 138 valence electrons. The van der Waals surface area contributed by atoms with Crippen molar-refractivity contribution < 1.29 is 19.8 Å². The number of carbonyl (C=O) groups is 2. The van der Waals surface area contributed by atoms with Crippen molar-refractivity contribution >= 4 is 11.9 Å². The molecule has 1 amide bonds. The van der Waals surface area contributed by atoms with Gasteiger partial charge in [-0.3, -0.25) is 14.3 Å². The molecular weight excluding hydrogens is 324 g/mol. The van der Waals surface area contributed by atoms with E-state index in [9.17, 15) is 14.7 Å². The summed E-state index contributed by atoms with van der Waals surface area (Å²) in [7, 11) is 1.74. The molecule has 0 aliphatic heterocycles. The number of amides is 1. The molecule has 2 N–H and O–H groups in total. The Morgan fingerprint density at radius 2 is 2.24 bits per heavy atom. The lowest BCUT2D eigenvalue weighted by Gasteiger charge is -2.44. The Hall–Kier alpha value is -2.22. The third-order valence-corrected chi connectivity index (χ3v) is 4.78. The molecule has 8 heteroatoms. The molecule has 1 saturated carbocycles. The van der Waals surface area contributed by atoms with Gasteiger partial charge in [-0.15, -0.1) is 11.7 Å². The Bertz CT molecular complexity index is 636. The lowest BCUT2D eigenvalue weighted by atomic mass is 9.68. The summed E-state index contributed by atoms with van der Waals surface area (Å²) in [6, 6.07) is -0.0353. The van der Waals surface area contributed by atoms with E-state index in [0.29, 0.717) is 37.9 Å². The van der Waals surface area contributed by atoms with Crippen molar-refractivity contribution in [2.24, 2.45) is 5.92 Å². The first-order chi connectivity index (χ1) is 11.7. The predicted molar refractivity (Wildman–Crippen MR) is 90.7 cm³/mol. The van der Waals surface area contributed by atoms with Gasteiger partial charge in [0.1, 0.15) is 0 Å². The first-order valence-electron chi connectivity index (χ1n) is 8.46. The van der Waals surface area contributed by atoms with Gasteiger partial charge in [-0.1, -0.05) is 11.3 Å². The molecule has 25 heavy (non-hydrogen) atoms. The number of aromatic nitrogens is 3. The van der Waals surface area contributed by atoms with Crippen LogP contribution in [0.15, 0.2) is 18.9 Å². The van der Waals surface area contributed by atoms with E-state index in [1.54, 1.807) is 28.9 Å². The van der Waals surface area contributed by atoms with E-state index in [-0.39, 0.29) is 24.3 Å². The fraction of sp³-hybridized carbons (Fsp3) is 0.647. The lowest BCUT2D eigenvalue weighted by Crippen LogP contribution is -2.52. The quantitative estimate of drug-likeness (QED) is 0.640. The summed E-state index contributed by atoms with van der Waals surface area (Å²) >= 11 is 0. The number of hydrogen-bond donors (Lipinski definition) is 2. The summed E-state index contributed by atoms with van der Waals surface area (Å²) < 4.78 is 1.59. The van der Waals surface area contributed by atoms with Crippen LogP contribution in [0.5, 0.6) is 0 Å². The van der Waals surface area contributed by atoms with E-state index in [4.69, 9.17) is 5.11 Å². The van der Waals surface area contributed by atoms with E-state index in [1.165, 1.54) is 0 Å². The molecule has 1 fully saturated rings. The molecule has 0 aromatic carbocycles. The molecule has 1 aromatic heterocycles. The van der Waals surface area contributed by atoms with Crippen molar-refractivity contribution in [1.82, 2.24) is 19.9 Å². The minimum atomic E-state index is -0.930. The van der Waals surface area contributed by atoms with Crippen LogP contribution in [-0.2, 0) is 22.6 Å². The zero-order chi connectivity index (χ0) is 18.6. The smallest absolute Gasteiger partial charge is 0.303 e. The van der Waals surface area contributed by atoms with Crippen molar-refractivity contribution in [2.45, 2.75) is 57.2 Å². The molecular formula is C17H26N4O4. The maximum Gasteiger partial charge on any atom is 0.303 e. The number of carboxylic acids is 1. The van der Waals surface area contributed by atoms with Crippen molar-refractivity contribution in [3.05, 3.63) is 24.5 Å². The normalized spacial score (nSPS) is 23.6. The van der Waals surface area contributed by atoms with Crippen LogP contribution in [0.2, 0.25) is 0 Å². The second kappa shape index (κ2) is 7.77. The lowest BCUT2D eigenvalue weighted by molar-refractivity contribution is -0.151. The average Bonchev–Trinajstić information content (AvgIpc) is 2.97. The zero-order valence-corrected chi connectivity index (χ0v) is 14.8. The fourth-order valence-electron chi connectivity index (χ4n) is 3.08. The van der Waals surface area contributed by atoms with Crippen LogP contribution < -0.4 is 0 Å². The number of rotatable bonds is 9. The molecule has 0 bridgehead atoms. The van der Waals surface area contributed by atoms with Gasteiger partial charge in [0.15, 0.2) is 0 Å². The minimum absolute atomic E-state index is 0.0226. The summed E-state index contributed by atoms with van der Waals surface area (Å²) in [5.74, 6) is -0.993.